The molecule has 0 saturated carbocycles. The van der Waals surface area contributed by atoms with Gasteiger partial charge in [0.15, 0.2) is 0 Å². The Labute approximate surface area is 59.7 Å². The number of piperazine rings is 1. The number of hydrogen-bond acceptors (Lipinski definition) is 5. The van der Waals surface area contributed by atoms with Gasteiger partial charge in [0.25, 0.3) is 0 Å². The Morgan fingerprint density at radius 2 is 1.90 bits per heavy atom. The molecule has 6 heteroatoms. The molecule has 0 atom stereocenters. The molecule has 3 N–H and O–H groups in total. The first kappa shape index (κ1) is 7.97. The third-order valence-corrected chi connectivity index (χ3v) is 1.32. The number of hydroxylamine groups is 2. The average molecular weight is 146 g/mol. The monoisotopic (exact) mass is 146 g/mol. The fourth-order valence-electron chi connectivity index (χ4n) is 0.883. The van der Waals surface area contributed by atoms with E-state index in [1.807, 2.05) is 0 Å². The molecule has 1 aliphatic rings. The van der Waals surface area contributed by atoms with Gasteiger partial charge in [0.1, 0.15) is 0 Å². The molecule has 0 aromatic carbocycles. The van der Waals surface area contributed by atoms with Gasteiger partial charge >= 0.3 is 7.32 Å². The molecule has 1 saturated heterocycles. The van der Waals surface area contributed by atoms with Crippen molar-refractivity contribution in [2.45, 2.75) is 0 Å². The van der Waals surface area contributed by atoms with E-state index in [4.69, 9.17) is 10.0 Å². The topological polar surface area (TPSA) is 65.0 Å². The molecule has 0 aliphatic carbocycles. The Hall–Kier alpha value is -0.135. The second-order valence-corrected chi connectivity index (χ2v) is 2.11. The lowest BCUT2D eigenvalue weighted by Crippen LogP contribution is -2.46. The van der Waals surface area contributed by atoms with Crippen LogP contribution in [0.5, 0.6) is 0 Å². The standard InChI is InChI=1S/C4H11BN2O3/c8-5(9)10-7-3-1-6-2-4-7/h6,8-9H,1-4H2. The first-order valence-corrected chi connectivity index (χ1v) is 3.27. The third kappa shape index (κ3) is 2.63. The fourth-order valence-corrected chi connectivity index (χ4v) is 0.883. The van der Waals surface area contributed by atoms with E-state index in [0.29, 0.717) is 13.1 Å². The van der Waals surface area contributed by atoms with Crippen LogP contribution in [0.2, 0.25) is 0 Å². The quantitative estimate of drug-likeness (QED) is 0.385. The van der Waals surface area contributed by atoms with Crippen LogP contribution in [-0.2, 0) is 4.76 Å². The number of hydrogen-bond donors (Lipinski definition) is 3. The molecular formula is C4H11BN2O3. The van der Waals surface area contributed by atoms with E-state index in [2.05, 4.69) is 10.1 Å². The molecular weight excluding hydrogens is 135 g/mol. The van der Waals surface area contributed by atoms with Crippen molar-refractivity contribution in [3.05, 3.63) is 0 Å². The van der Waals surface area contributed by atoms with Gasteiger partial charge in [0, 0.05) is 26.2 Å². The van der Waals surface area contributed by atoms with Gasteiger partial charge in [-0.1, -0.05) is 0 Å². The van der Waals surface area contributed by atoms with Gasteiger partial charge in [-0.2, -0.15) is 5.06 Å². The van der Waals surface area contributed by atoms with Gasteiger partial charge in [0.05, 0.1) is 0 Å². The van der Waals surface area contributed by atoms with Crippen LogP contribution in [0.15, 0.2) is 0 Å². The van der Waals surface area contributed by atoms with Gasteiger partial charge in [-0.25, -0.2) is 0 Å². The van der Waals surface area contributed by atoms with Crippen molar-refractivity contribution < 1.29 is 14.8 Å². The van der Waals surface area contributed by atoms with Crippen molar-refractivity contribution in [3.8, 4) is 0 Å². The van der Waals surface area contributed by atoms with Gasteiger partial charge in [-0.05, 0) is 0 Å². The first-order valence-electron chi connectivity index (χ1n) is 3.27. The predicted octanol–water partition coefficient (Wildman–Crippen LogP) is -2.21. The molecule has 0 bridgehead atoms. The van der Waals surface area contributed by atoms with Gasteiger partial charge in [0.2, 0.25) is 0 Å². The summed E-state index contributed by atoms with van der Waals surface area (Å²) in [6.45, 7) is 3.04. The maximum atomic E-state index is 8.38. The van der Waals surface area contributed by atoms with Crippen LogP contribution in [-0.4, -0.2) is 48.6 Å². The summed E-state index contributed by atoms with van der Waals surface area (Å²) < 4.78 is 4.60. The summed E-state index contributed by atoms with van der Waals surface area (Å²) in [6, 6.07) is 0. The zero-order valence-electron chi connectivity index (χ0n) is 5.66. The van der Waals surface area contributed by atoms with Crippen molar-refractivity contribution in [1.82, 2.24) is 10.4 Å². The van der Waals surface area contributed by atoms with Crippen molar-refractivity contribution in [1.29, 1.82) is 0 Å². The summed E-state index contributed by atoms with van der Waals surface area (Å²) in [6.07, 6.45) is 0. The van der Waals surface area contributed by atoms with Crippen LogP contribution in [0.4, 0.5) is 0 Å². The highest BCUT2D eigenvalue weighted by atomic mass is 16.7. The zero-order chi connectivity index (χ0) is 7.40. The highest BCUT2D eigenvalue weighted by Crippen LogP contribution is 1.92. The summed E-state index contributed by atoms with van der Waals surface area (Å²) in [5.74, 6) is 0. The van der Waals surface area contributed by atoms with E-state index >= 15 is 0 Å². The van der Waals surface area contributed by atoms with Crippen LogP contribution in [0.1, 0.15) is 0 Å². The second-order valence-electron chi connectivity index (χ2n) is 2.11. The van der Waals surface area contributed by atoms with E-state index < -0.39 is 7.32 Å². The molecule has 10 heavy (non-hydrogen) atoms. The van der Waals surface area contributed by atoms with Gasteiger partial charge in [-0.15, -0.1) is 0 Å². The van der Waals surface area contributed by atoms with Crippen LogP contribution in [0.25, 0.3) is 0 Å². The largest absolute Gasteiger partial charge is 0.651 e. The minimum absolute atomic E-state index is 0.692. The third-order valence-electron chi connectivity index (χ3n) is 1.32. The summed E-state index contributed by atoms with van der Waals surface area (Å²) in [7, 11) is -1.68. The number of rotatable bonds is 2. The molecule has 0 spiro atoms. The predicted molar refractivity (Wildman–Crippen MR) is 35.7 cm³/mol. The Bertz CT molecular complexity index is 96.5. The minimum Gasteiger partial charge on any atom is -0.401 e. The molecule has 1 aliphatic heterocycles. The lowest BCUT2D eigenvalue weighted by Gasteiger charge is -2.25. The Kier molecular flexibility index (Phi) is 3.10. The van der Waals surface area contributed by atoms with Crippen LogP contribution in [0, 0.1) is 0 Å². The van der Waals surface area contributed by atoms with Crippen molar-refractivity contribution in [2.75, 3.05) is 26.2 Å². The molecule has 1 heterocycles. The lowest BCUT2D eigenvalue weighted by atomic mass is 10.3. The molecule has 0 amide bonds. The lowest BCUT2D eigenvalue weighted by molar-refractivity contribution is -0.101. The molecule has 1 rings (SSSR count). The van der Waals surface area contributed by atoms with E-state index in [0.717, 1.165) is 13.1 Å². The second kappa shape index (κ2) is 3.90. The number of nitrogens with zero attached hydrogens (tertiary/aromatic N) is 1. The minimum atomic E-state index is -1.68. The molecule has 58 valence electrons. The maximum Gasteiger partial charge on any atom is 0.651 e. The van der Waals surface area contributed by atoms with Crippen molar-refractivity contribution >= 4 is 7.32 Å². The smallest absolute Gasteiger partial charge is 0.401 e. The normalized spacial score (nSPS) is 21.0. The SMILES string of the molecule is OB(O)ON1CCNCC1. The van der Waals surface area contributed by atoms with E-state index in [-0.39, 0.29) is 0 Å². The molecule has 0 aromatic rings. The van der Waals surface area contributed by atoms with E-state index in [1.165, 1.54) is 5.06 Å². The van der Waals surface area contributed by atoms with Gasteiger partial charge in [-0.3, -0.25) is 4.76 Å². The summed E-state index contributed by atoms with van der Waals surface area (Å²) in [5, 5.41) is 21.4. The Morgan fingerprint density at radius 3 is 2.40 bits per heavy atom. The molecule has 1 fully saturated rings. The van der Waals surface area contributed by atoms with E-state index in [9.17, 15) is 0 Å². The van der Waals surface area contributed by atoms with Crippen LogP contribution >= 0.6 is 0 Å². The van der Waals surface area contributed by atoms with Crippen LogP contribution in [0.3, 0.4) is 0 Å². The van der Waals surface area contributed by atoms with Crippen LogP contribution < -0.4 is 5.32 Å². The molecule has 0 aromatic heterocycles. The van der Waals surface area contributed by atoms with Crippen molar-refractivity contribution in [3.63, 3.8) is 0 Å². The zero-order valence-corrected chi connectivity index (χ0v) is 5.66. The fraction of sp³-hybridized carbons (Fsp3) is 1.00. The average Bonchev–Trinajstić information content (AvgIpc) is 1.88. The van der Waals surface area contributed by atoms with Gasteiger partial charge < -0.3 is 15.4 Å². The molecule has 5 nitrogen and oxygen atoms in total. The molecule has 0 unspecified atom stereocenters. The highest BCUT2D eigenvalue weighted by Gasteiger charge is 2.17. The van der Waals surface area contributed by atoms with Crippen molar-refractivity contribution in [2.24, 2.45) is 0 Å². The highest BCUT2D eigenvalue weighted by molar-refractivity contribution is 6.32. The summed E-state index contributed by atoms with van der Waals surface area (Å²) in [5.41, 5.74) is 0. The summed E-state index contributed by atoms with van der Waals surface area (Å²) >= 11 is 0. The maximum absolute atomic E-state index is 8.38. The molecule has 0 radical (unpaired) electrons. The Morgan fingerprint density at radius 1 is 1.30 bits per heavy atom. The first-order chi connectivity index (χ1) is 4.79. The number of nitrogens with one attached hydrogen (secondary N) is 1. The summed E-state index contributed by atoms with van der Waals surface area (Å²) in [4.78, 5) is 0. The Balaban J connectivity index is 2.13. The van der Waals surface area contributed by atoms with E-state index in [1.54, 1.807) is 0 Å².